The zero-order valence-electron chi connectivity index (χ0n) is 8.58. The fourth-order valence-electron chi connectivity index (χ4n) is 1.69. The Balaban J connectivity index is 1.74. The number of carbonyl (C=O) groups is 1. The van der Waals surface area contributed by atoms with E-state index in [0.29, 0.717) is 0 Å². The molecule has 0 atom stereocenters. The molecule has 15 heavy (non-hydrogen) atoms. The molecule has 0 radical (unpaired) electrons. The van der Waals surface area contributed by atoms with Crippen LogP contribution in [-0.4, -0.2) is 23.5 Å². The standard InChI is InChI=1S/C10H15N3OS/c14-9(13-10-11-5-6-15-10)12-7-8-3-1-2-4-8/h7H,1-6H2,(H2,11,12,13,14). The molecular formula is C10H15N3OS. The van der Waals surface area contributed by atoms with Crippen LogP contribution in [0.5, 0.6) is 0 Å². The number of thioether (sulfide) groups is 1. The molecule has 0 saturated heterocycles. The molecule has 2 N–H and O–H groups in total. The predicted molar refractivity (Wildman–Crippen MR) is 63.0 cm³/mol. The quantitative estimate of drug-likeness (QED) is 0.715. The van der Waals surface area contributed by atoms with Crippen LogP contribution in [0.2, 0.25) is 0 Å². The molecule has 0 spiro atoms. The first kappa shape index (κ1) is 10.5. The van der Waals surface area contributed by atoms with Gasteiger partial charge in [-0.2, -0.15) is 0 Å². The van der Waals surface area contributed by atoms with Gasteiger partial charge >= 0.3 is 6.03 Å². The summed E-state index contributed by atoms with van der Waals surface area (Å²) in [5.74, 6) is 0.969. The van der Waals surface area contributed by atoms with Crippen LogP contribution in [0.25, 0.3) is 0 Å². The zero-order valence-corrected chi connectivity index (χ0v) is 9.40. The van der Waals surface area contributed by atoms with Crippen molar-refractivity contribution < 1.29 is 4.79 Å². The van der Waals surface area contributed by atoms with Gasteiger partial charge < -0.3 is 5.32 Å². The van der Waals surface area contributed by atoms with Gasteiger partial charge in [-0.3, -0.25) is 10.3 Å². The van der Waals surface area contributed by atoms with Crippen molar-refractivity contribution in [1.29, 1.82) is 0 Å². The van der Waals surface area contributed by atoms with E-state index < -0.39 is 0 Å². The second-order valence-electron chi connectivity index (χ2n) is 3.64. The van der Waals surface area contributed by atoms with E-state index >= 15 is 0 Å². The molecule has 2 rings (SSSR count). The van der Waals surface area contributed by atoms with E-state index in [-0.39, 0.29) is 6.03 Å². The van der Waals surface area contributed by atoms with Gasteiger partial charge in [0.1, 0.15) is 0 Å². The van der Waals surface area contributed by atoms with E-state index in [1.807, 2.05) is 6.20 Å². The second kappa shape index (κ2) is 5.21. The summed E-state index contributed by atoms with van der Waals surface area (Å²) in [5.41, 5.74) is 1.34. The molecule has 4 nitrogen and oxygen atoms in total. The fourth-order valence-corrected chi connectivity index (χ4v) is 2.41. The largest absolute Gasteiger partial charge is 0.324 e. The minimum atomic E-state index is -0.178. The van der Waals surface area contributed by atoms with Crippen molar-refractivity contribution in [2.24, 2.45) is 4.99 Å². The maximum Gasteiger partial charge on any atom is 0.324 e. The Hall–Kier alpha value is -0.970. The van der Waals surface area contributed by atoms with Crippen molar-refractivity contribution in [3.05, 3.63) is 11.8 Å². The van der Waals surface area contributed by atoms with Crippen LogP contribution in [0.1, 0.15) is 25.7 Å². The number of carbonyl (C=O) groups excluding carboxylic acids is 1. The van der Waals surface area contributed by atoms with E-state index in [4.69, 9.17) is 0 Å². The monoisotopic (exact) mass is 225 g/mol. The minimum Gasteiger partial charge on any atom is -0.314 e. The number of allylic oxidation sites excluding steroid dienone is 1. The number of nitrogens with one attached hydrogen (secondary N) is 2. The van der Waals surface area contributed by atoms with Gasteiger partial charge in [0.15, 0.2) is 5.17 Å². The average Bonchev–Trinajstić information content (AvgIpc) is 2.86. The van der Waals surface area contributed by atoms with Crippen LogP contribution < -0.4 is 10.6 Å². The van der Waals surface area contributed by atoms with Crippen LogP contribution >= 0.6 is 11.8 Å². The Morgan fingerprint density at radius 1 is 1.40 bits per heavy atom. The second-order valence-corrected chi connectivity index (χ2v) is 4.73. The lowest BCUT2D eigenvalue weighted by atomic mass is 10.2. The van der Waals surface area contributed by atoms with E-state index in [1.54, 1.807) is 11.8 Å². The SMILES string of the molecule is O=C(NC=C1CCCC1)NC1=NCCS1. The summed E-state index contributed by atoms with van der Waals surface area (Å²) in [5, 5.41) is 6.20. The topological polar surface area (TPSA) is 53.5 Å². The van der Waals surface area contributed by atoms with Crippen molar-refractivity contribution in [3.63, 3.8) is 0 Å². The van der Waals surface area contributed by atoms with Crippen LogP contribution in [0.3, 0.4) is 0 Å². The smallest absolute Gasteiger partial charge is 0.314 e. The molecule has 0 bridgehead atoms. The highest BCUT2D eigenvalue weighted by Crippen LogP contribution is 2.22. The van der Waals surface area contributed by atoms with Gasteiger partial charge in [-0.05, 0) is 25.7 Å². The van der Waals surface area contributed by atoms with E-state index in [2.05, 4.69) is 15.6 Å². The van der Waals surface area contributed by atoms with Gasteiger partial charge in [0.25, 0.3) is 0 Å². The fraction of sp³-hybridized carbons (Fsp3) is 0.600. The summed E-state index contributed by atoms with van der Waals surface area (Å²) < 4.78 is 0. The highest BCUT2D eigenvalue weighted by atomic mass is 32.2. The maximum absolute atomic E-state index is 11.4. The van der Waals surface area contributed by atoms with Crippen molar-refractivity contribution in [2.75, 3.05) is 12.3 Å². The van der Waals surface area contributed by atoms with Gasteiger partial charge in [-0.15, -0.1) is 0 Å². The Kier molecular flexibility index (Phi) is 3.66. The third-order valence-corrected chi connectivity index (χ3v) is 3.35. The van der Waals surface area contributed by atoms with Crippen LogP contribution in [0.4, 0.5) is 4.79 Å². The molecule has 1 aliphatic carbocycles. The van der Waals surface area contributed by atoms with Crippen LogP contribution in [0.15, 0.2) is 16.8 Å². The number of rotatable bonds is 1. The summed E-state index contributed by atoms with van der Waals surface area (Å²) in [6.07, 6.45) is 6.57. The first-order chi connectivity index (χ1) is 7.34. The Bertz CT molecular complexity index is 304. The van der Waals surface area contributed by atoms with Crippen LogP contribution in [-0.2, 0) is 0 Å². The normalized spacial score (nSPS) is 20.0. The molecule has 0 aromatic rings. The number of nitrogens with zero attached hydrogens (tertiary/aromatic N) is 1. The molecule has 0 unspecified atom stereocenters. The summed E-state index contributed by atoms with van der Waals surface area (Å²) >= 11 is 1.59. The summed E-state index contributed by atoms with van der Waals surface area (Å²) in [6.45, 7) is 0.807. The Morgan fingerprint density at radius 3 is 2.87 bits per heavy atom. The lowest BCUT2D eigenvalue weighted by Crippen LogP contribution is -2.35. The molecule has 2 amide bonds. The Morgan fingerprint density at radius 2 is 2.20 bits per heavy atom. The first-order valence-electron chi connectivity index (χ1n) is 5.27. The zero-order chi connectivity index (χ0) is 10.5. The van der Waals surface area contributed by atoms with E-state index in [1.165, 1.54) is 18.4 Å². The number of hydrogen-bond donors (Lipinski definition) is 2. The molecule has 1 aliphatic heterocycles. The number of aliphatic imine (C=N–C) groups is 1. The lowest BCUT2D eigenvalue weighted by molar-refractivity contribution is 0.248. The summed E-state index contributed by atoms with van der Waals surface area (Å²) in [7, 11) is 0. The molecule has 1 heterocycles. The minimum absolute atomic E-state index is 0.178. The van der Waals surface area contributed by atoms with Crippen molar-refractivity contribution in [3.8, 4) is 0 Å². The lowest BCUT2D eigenvalue weighted by Gasteiger charge is -2.03. The molecule has 2 aliphatic rings. The summed E-state index contributed by atoms with van der Waals surface area (Å²) in [4.78, 5) is 15.5. The van der Waals surface area contributed by atoms with Crippen molar-refractivity contribution >= 4 is 23.0 Å². The van der Waals surface area contributed by atoms with Gasteiger partial charge in [-0.1, -0.05) is 17.3 Å². The third kappa shape index (κ3) is 3.27. The predicted octanol–water partition coefficient (Wildman–Crippen LogP) is 1.85. The van der Waals surface area contributed by atoms with E-state index in [0.717, 1.165) is 30.3 Å². The molecule has 0 aromatic carbocycles. The first-order valence-corrected chi connectivity index (χ1v) is 6.26. The summed E-state index contributed by atoms with van der Waals surface area (Å²) in [6, 6.07) is -0.178. The number of amides is 2. The molecule has 82 valence electrons. The van der Waals surface area contributed by atoms with Gasteiger partial charge in [0.05, 0.1) is 6.54 Å². The number of amidine groups is 1. The highest BCUT2D eigenvalue weighted by molar-refractivity contribution is 8.14. The molecule has 0 aromatic heterocycles. The van der Waals surface area contributed by atoms with Gasteiger partial charge in [-0.25, -0.2) is 4.79 Å². The van der Waals surface area contributed by atoms with E-state index in [9.17, 15) is 4.79 Å². The van der Waals surface area contributed by atoms with Gasteiger partial charge in [0, 0.05) is 12.0 Å². The average molecular weight is 225 g/mol. The number of hydrogen-bond acceptors (Lipinski definition) is 3. The molecule has 5 heteroatoms. The van der Waals surface area contributed by atoms with Crippen molar-refractivity contribution in [1.82, 2.24) is 10.6 Å². The Labute approximate surface area is 93.6 Å². The van der Waals surface area contributed by atoms with Crippen LogP contribution in [0, 0.1) is 0 Å². The molecule has 1 saturated carbocycles. The third-order valence-electron chi connectivity index (χ3n) is 2.46. The van der Waals surface area contributed by atoms with Crippen molar-refractivity contribution in [2.45, 2.75) is 25.7 Å². The molecular weight excluding hydrogens is 210 g/mol. The highest BCUT2D eigenvalue weighted by Gasteiger charge is 2.10. The number of urea groups is 1. The maximum atomic E-state index is 11.4. The molecule has 1 fully saturated rings. The van der Waals surface area contributed by atoms with Gasteiger partial charge in [0.2, 0.25) is 0 Å².